The van der Waals surface area contributed by atoms with Gasteiger partial charge >= 0.3 is 5.97 Å². The first-order valence-electron chi connectivity index (χ1n) is 8.28. The lowest BCUT2D eigenvalue weighted by Gasteiger charge is -2.18. The molecule has 1 aromatic carbocycles. The average molecular weight is 343 g/mol. The summed E-state index contributed by atoms with van der Waals surface area (Å²) in [6.45, 7) is 4.34. The van der Waals surface area contributed by atoms with Crippen molar-refractivity contribution < 1.29 is 14.3 Å². The van der Waals surface area contributed by atoms with Gasteiger partial charge in [0, 0.05) is 10.4 Å². The van der Waals surface area contributed by atoms with E-state index in [0.29, 0.717) is 28.7 Å². The zero-order valence-corrected chi connectivity index (χ0v) is 14.7. The van der Waals surface area contributed by atoms with Crippen LogP contribution in [0.25, 0.3) is 0 Å². The minimum absolute atomic E-state index is 0.201. The Morgan fingerprint density at radius 2 is 2.04 bits per heavy atom. The maximum Gasteiger partial charge on any atom is 0.341 e. The fourth-order valence-corrected chi connectivity index (χ4v) is 4.42. The maximum absolute atomic E-state index is 12.5. The van der Waals surface area contributed by atoms with Gasteiger partial charge in [0.2, 0.25) is 0 Å². The molecule has 0 aliphatic heterocycles. The topological polar surface area (TPSA) is 55.4 Å². The molecule has 4 nitrogen and oxygen atoms in total. The summed E-state index contributed by atoms with van der Waals surface area (Å²) in [6.07, 6.45) is 2.87. The lowest BCUT2D eigenvalue weighted by Crippen LogP contribution is -2.16. The molecule has 1 aromatic heterocycles. The van der Waals surface area contributed by atoms with Crippen LogP contribution in [0.15, 0.2) is 30.3 Å². The summed E-state index contributed by atoms with van der Waals surface area (Å²) >= 11 is 1.51. The number of carbonyl (C=O) groups is 2. The molecule has 1 N–H and O–H groups in total. The number of thiophene rings is 1. The number of anilines is 1. The van der Waals surface area contributed by atoms with Crippen LogP contribution in [-0.4, -0.2) is 18.5 Å². The summed E-state index contributed by atoms with van der Waals surface area (Å²) in [5, 5.41) is 3.53. The lowest BCUT2D eigenvalue weighted by atomic mass is 9.88. The fraction of sp³-hybridized carbons (Fsp3) is 0.368. The van der Waals surface area contributed by atoms with Crippen molar-refractivity contribution in [3.63, 3.8) is 0 Å². The van der Waals surface area contributed by atoms with Gasteiger partial charge in [-0.2, -0.15) is 0 Å². The molecule has 1 heterocycles. The Labute approximate surface area is 145 Å². The molecule has 1 atom stereocenters. The molecule has 0 radical (unpaired) electrons. The van der Waals surface area contributed by atoms with E-state index >= 15 is 0 Å². The highest BCUT2D eigenvalue weighted by Crippen LogP contribution is 2.40. The summed E-state index contributed by atoms with van der Waals surface area (Å²) in [5.74, 6) is 0.0598. The molecule has 1 aliphatic rings. The Hall–Kier alpha value is -2.14. The molecule has 1 amide bonds. The first-order valence-corrected chi connectivity index (χ1v) is 9.09. The second kappa shape index (κ2) is 7.18. The van der Waals surface area contributed by atoms with Crippen LogP contribution in [0.1, 0.15) is 51.4 Å². The third-order valence-electron chi connectivity index (χ3n) is 4.25. The number of esters is 1. The highest BCUT2D eigenvalue weighted by molar-refractivity contribution is 7.17. The number of hydrogen-bond donors (Lipinski definition) is 1. The highest BCUT2D eigenvalue weighted by atomic mass is 32.1. The Morgan fingerprint density at radius 3 is 2.75 bits per heavy atom. The fourth-order valence-electron chi connectivity index (χ4n) is 3.02. The normalized spacial score (nSPS) is 16.3. The quantitative estimate of drug-likeness (QED) is 0.842. The van der Waals surface area contributed by atoms with Crippen LogP contribution in [0.3, 0.4) is 0 Å². The molecule has 0 unspecified atom stereocenters. The summed E-state index contributed by atoms with van der Waals surface area (Å²) in [7, 11) is 0. The van der Waals surface area contributed by atoms with E-state index in [2.05, 4.69) is 12.2 Å². The van der Waals surface area contributed by atoms with Crippen LogP contribution in [-0.2, 0) is 17.6 Å². The third kappa shape index (κ3) is 3.36. The molecule has 1 aliphatic carbocycles. The van der Waals surface area contributed by atoms with Crippen LogP contribution >= 0.6 is 11.3 Å². The second-order valence-electron chi connectivity index (χ2n) is 6.10. The van der Waals surface area contributed by atoms with Crippen LogP contribution in [0, 0.1) is 5.92 Å². The first-order chi connectivity index (χ1) is 11.6. The maximum atomic E-state index is 12.5. The molecular formula is C19H21NO3S. The number of nitrogens with one attached hydrogen (secondary N) is 1. The van der Waals surface area contributed by atoms with Gasteiger partial charge in [-0.1, -0.05) is 25.1 Å². The second-order valence-corrected chi connectivity index (χ2v) is 7.20. The van der Waals surface area contributed by atoms with Crippen molar-refractivity contribution in [2.75, 3.05) is 11.9 Å². The molecular weight excluding hydrogens is 322 g/mol. The minimum Gasteiger partial charge on any atom is -0.462 e. The van der Waals surface area contributed by atoms with Gasteiger partial charge in [0.1, 0.15) is 5.00 Å². The summed E-state index contributed by atoms with van der Waals surface area (Å²) in [4.78, 5) is 26.1. The molecule has 3 rings (SSSR count). The van der Waals surface area contributed by atoms with Gasteiger partial charge in [0.05, 0.1) is 12.2 Å². The van der Waals surface area contributed by atoms with E-state index in [9.17, 15) is 9.59 Å². The van der Waals surface area contributed by atoms with Crippen molar-refractivity contribution in [1.29, 1.82) is 0 Å². The number of rotatable bonds is 4. The molecule has 0 fully saturated rings. The molecule has 0 spiro atoms. The van der Waals surface area contributed by atoms with Gasteiger partial charge in [0.25, 0.3) is 5.91 Å². The van der Waals surface area contributed by atoms with E-state index in [1.165, 1.54) is 16.2 Å². The summed E-state index contributed by atoms with van der Waals surface area (Å²) in [6, 6.07) is 9.03. The largest absolute Gasteiger partial charge is 0.462 e. The van der Waals surface area contributed by atoms with Gasteiger partial charge in [-0.15, -0.1) is 11.3 Å². The number of hydrogen-bond acceptors (Lipinski definition) is 4. The Morgan fingerprint density at radius 1 is 1.29 bits per heavy atom. The smallest absolute Gasteiger partial charge is 0.341 e. The minimum atomic E-state index is -0.340. The summed E-state index contributed by atoms with van der Waals surface area (Å²) < 4.78 is 5.22. The van der Waals surface area contributed by atoms with Gasteiger partial charge in [-0.3, -0.25) is 4.79 Å². The molecule has 5 heteroatoms. The van der Waals surface area contributed by atoms with Crippen LogP contribution < -0.4 is 5.32 Å². The Bertz CT molecular complexity index is 751. The van der Waals surface area contributed by atoms with Gasteiger partial charge in [-0.05, 0) is 49.8 Å². The average Bonchev–Trinajstić information content (AvgIpc) is 2.92. The highest BCUT2D eigenvalue weighted by Gasteiger charge is 2.29. The SMILES string of the molecule is CCOC(=O)c1c(NC(=O)c2ccccc2)sc2c1CC[C@H](C)C2. The number of ether oxygens (including phenoxy) is 1. The van der Waals surface area contributed by atoms with E-state index < -0.39 is 0 Å². The van der Waals surface area contributed by atoms with E-state index in [1.54, 1.807) is 19.1 Å². The molecule has 0 saturated heterocycles. The predicted molar refractivity (Wildman–Crippen MR) is 95.9 cm³/mol. The van der Waals surface area contributed by atoms with Crippen LogP contribution in [0.4, 0.5) is 5.00 Å². The predicted octanol–water partition coefficient (Wildman–Crippen LogP) is 4.30. The molecule has 126 valence electrons. The summed E-state index contributed by atoms with van der Waals surface area (Å²) in [5.41, 5.74) is 2.18. The zero-order valence-electron chi connectivity index (χ0n) is 13.9. The van der Waals surface area contributed by atoms with E-state index in [4.69, 9.17) is 4.74 Å². The lowest BCUT2D eigenvalue weighted by molar-refractivity contribution is 0.0526. The van der Waals surface area contributed by atoms with Crippen molar-refractivity contribution in [3.8, 4) is 0 Å². The van der Waals surface area contributed by atoms with Gasteiger partial charge < -0.3 is 10.1 Å². The molecule has 0 bridgehead atoms. The zero-order chi connectivity index (χ0) is 17.1. The van der Waals surface area contributed by atoms with Crippen molar-refractivity contribution in [2.45, 2.75) is 33.1 Å². The Balaban J connectivity index is 1.94. The van der Waals surface area contributed by atoms with Crippen LogP contribution in [0.5, 0.6) is 0 Å². The van der Waals surface area contributed by atoms with Crippen molar-refractivity contribution in [1.82, 2.24) is 0 Å². The standard InChI is InChI=1S/C19H21NO3S/c1-3-23-19(22)16-14-10-9-12(2)11-15(14)24-18(16)20-17(21)13-7-5-4-6-8-13/h4-8,12H,3,9-11H2,1-2H3,(H,20,21)/t12-/m0/s1. The van der Waals surface area contributed by atoms with E-state index in [1.807, 2.05) is 18.2 Å². The van der Waals surface area contributed by atoms with Crippen molar-refractivity contribution >= 4 is 28.2 Å². The van der Waals surface area contributed by atoms with Crippen LogP contribution in [0.2, 0.25) is 0 Å². The molecule has 0 saturated carbocycles. The molecule has 2 aromatic rings. The number of amides is 1. The Kier molecular flexibility index (Phi) is 5.00. The van der Waals surface area contributed by atoms with E-state index in [0.717, 1.165) is 24.8 Å². The molecule has 24 heavy (non-hydrogen) atoms. The van der Waals surface area contributed by atoms with E-state index in [-0.39, 0.29) is 11.9 Å². The van der Waals surface area contributed by atoms with Crippen molar-refractivity contribution in [2.24, 2.45) is 5.92 Å². The van der Waals surface area contributed by atoms with Gasteiger partial charge in [0.15, 0.2) is 0 Å². The monoisotopic (exact) mass is 343 g/mol. The number of fused-ring (bicyclic) bond motifs is 1. The third-order valence-corrected chi connectivity index (χ3v) is 5.42. The number of benzene rings is 1. The van der Waals surface area contributed by atoms with Crippen molar-refractivity contribution in [3.05, 3.63) is 51.9 Å². The first kappa shape index (κ1) is 16.7. The van der Waals surface area contributed by atoms with Gasteiger partial charge in [-0.25, -0.2) is 4.79 Å². The number of carbonyl (C=O) groups excluding carboxylic acids is 2.